The van der Waals surface area contributed by atoms with Gasteiger partial charge in [0.2, 0.25) is 12.4 Å². The zero-order chi connectivity index (χ0) is 19.5. The standard InChI is InChI=1S/C21H28N6O/c1-17-4-3-5-19(18(17)2)25-12-14-26(15-13-25)20-6-7-22-21(23-20)27-10-8-24(16-28)9-11-27/h3-7,16H,8-15H2,1-2H3. The van der Waals surface area contributed by atoms with Gasteiger partial charge in [0, 0.05) is 64.2 Å². The first-order chi connectivity index (χ1) is 13.7. The van der Waals surface area contributed by atoms with Crippen LogP contribution in [0.2, 0.25) is 0 Å². The molecule has 0 spiro atoms. The highest BCUT2D eigenvalue weighted by atomic mass is 16.1. The molecule has 0 unspecified atom stereocenters. The molecule has 148 valence electrons. The Bertz CT molecular complexity index is 825. The van der Waals surface area contributed by atoms with E-state index in [9.17, 15) is 4.79 Å². The molecule has 28 heavy (non-hydrogen) atoms. The first-order valence-electron chi connectivity index (χ1n) is 9.99. The van der Waals surface area contributed by atoms with Gasteiger partial charge in [-0.05, 0) is 37.1 Å². The van der Waals surface area contributed by atoms with Crippen LogP contribution in [-0.4, -0.2) is 73.6 Å². The lowest BCUT2D eigenvalue weighted by molar-refractivity contribution is -0.118. The van der Waals surface area contributed by atoms with Crippen molar-refractivity contribution >= 4 is 23.9 Å². The van der Waals surface area contributed by atoms with Crippen LogP contribution < -0.4 is 14.7 Å². The summed E-state index contributed by atoms with van der Waals surface area (Å²) in [6.07, 6.45) is 2.77. The number of piperazine rings is 2. The third-order valence-electron chi connectivity index (χ3n) is 5.89. The van der Waals surface area contributed by atoms with E-state index in [1.54, 1.807) is 4.90 Å². The van der Waals surface area contributed by atoms with Gasteiger partial charge in [0.15, 0.2) is 0 Å². The predicted molar refractivity (Wildman–Crippen MR) is 112 cm³/mol. The minimum atomic E-state index is 0.728. The van der Waals surface area contributed by atoms with Crippen molar-refractivity contribution in [3.8, 4) is 0 Å². The van der Waals surface area contributed by atoms with Crippen LogP contribution in [0.1, 0.15) is 11.1 Å². The lowest BCUT2D eigenvalue weighted by atomic mass is 10.1. The number of benzene rings is 1. The largest absolute Gasteiger partial charge is 0.368 e. The molecule has 2 aliphatic heterocycles. The molecule has 7 nitrogen and oxygen atoms in total. The van der Waals surface area contributed by atoms with Gasteiger partial charge in [0.25, 0.3) is 0 Å². The number of hydrogen-bond acceptors (Lipinski definition) is 6. The van der Waals surface area contributed by atoms with Gasteiger partial charge in [0.1, 0.15) is 5.82 Å². The highest BCUT2D eigenvalue weighted by molar-refractivity contribution is 5.57. The van der Waals surface area contributed by atoms with E-state index in [1.165, 1.54) is 16.8 Å². The van der Waals surface area contributed by atoms with Gasteiger partial charge in [-0.1, -0.05) is 12.1 Å². The van der Waals surface area contributed by atoms with Crippen molar-refractivity contribution in [2.75, 3.05) is 67.1 Å². The Morgan fingerprint density at radius 3 is 2.25 bits per heavy atom. The van der Waals surface area contributed by atoms with Gasteiger partial charge in [-0.15, -0.1) is 0 Å². The average molecular weight is 380 g/mol. The zero-order valence-electron chi connectivity index (χ0n) is 16.7. The van der Waals surface area contributed by atoms with E-state index >= 15 is 0 Å². The second kappa shape index (κ2) is 8.04. The molecule has 4 rings (SSSR count). The monoisotopic (exact) mass is 380 g/mol. The van der Waals surface area contributed by atoms with E-state index in [-0.39, 0.29) is 0 Å². The Balaban J connectivity index is 1.41. The molecular weight excluding hydrogens is 352 g/mol. The molecule has 2 aliphatic rings. The molecule has 2 aromatic rings. The van der Waals surface area contributed by atoms with Crippen molar-refractivity contribution in [1.82, 2.24) is 14.9 Å². The average Bonchev–Trinajstić information content (AvgIpc) is 2.76. The number of carbonyl (C=O) groups excluding carboxylic acids is 1. The molecule has 0 aliphatic carbocycles. The number of rotatable bonds is 4. The fourth-order valence-corrected chi connectivity index (χ4v) is 3.95. The van der Waals surface area contributed by atoms with Crippen LogP contribution in [0.5, 0.6) is 0 Å². The number of hydrogen-bond donors (Lipinski definition) is 0. The van der Waals surface area contributed by atoms with Gasteiger partial charge >= 0.3 is 0 Å². The van der Waals surface area contributed by atoms with Crippen LogP contribution in [0.3, 0.4) is 0 Å². The molecule has 7 heteroatoms. The predicted octanol–water partition coefficient (Wildman–Crippen LogP) is 1.70. The summed E-state index contributed by atoms with van der Waals surface area (Å²) in [7, 11) is 0. The van der Waals surface area contributed by atoms with Crippen LogP contribution in [0, 0.1) is 13.8 Å². The first kappa shape index (κ1) is 18.5. The minimum Gasteiger partial charge on any atom is -0.368 e. The number of nitrogens with zero attached hydrogens (tertiary/aromatic N) is 6. The minimum absolute atomic E-state index is 0.728. The van der Waals surface area contributed by atoms with E-state index in [4.69, 9.17) is 4.98 Å². The van der Waals surface area contributed by atoms with Crippen molar-refractivity contribution in [3.05, 3.63) is 41.6 Å². The smallest absolute Gasteiger partial charge is 0.227 e. The maximum atomic E-state index is 10.9. The maximum Gasteiger partial charge on any atom is 0.227 e. The summed E-state index contributed by atoms with van der Waals surface area (Å²) in [5, 5.41) is 0. The van der Waals surface area contributed by atoms with Crippen LogP contribution in [0.4, 0.5) is 17.5 Å². The molecule has 0 N–H and O–H groups in total. The lowest BCUT2D eigenvalue weighted by Gasteiger charge is -2.38. The fourth-order valence-electron chi connectivity index (χ4n) is 3.95. The first-order valence-corrected chi connectivity index (χ1v) is 9.99. The number of anilines is 3. The highest BCUT2D eigenvalue weighted by Crippen LogP contribution is 2.25. The van der Waals surface area contributed by atoms with Gasteiger partial charge in [-0.25, -0.2) is 4.98 Å². The zero-order valence-corrected chi connectivity index (χ0v) is 16.7. The molecule has 1 amide bonds. The molecule has 1 aromatic carbocycles. The van der Waals surface area contributed by atoms with Gasteiger partial charge < -0.3 is 19.6 Å². The maximum absolute atomic E-state index is 10.9. The van der Waals surface area contributed by atoms with Crippen molar-refractivity contribution in [3.63, 3.8) is 0 Å². The molecule has 2 saturated heterocycles. The molecule has 2 fully saturated rings. The van der Waals surface area contributed by atoms with Crippen molar-refractivity contribution in [2.45, 2.75) is 13.8 Å². The lowest BCUT2D eigenvalue weighted by Crippen LogP contribution is -2.48. The molecule has 0 radical (unpaired) electrons. The van der Waals surface area contributed by atoms with Gasteiger partial charge in [0.05, 0.1) is 0 Å². The summed E-state index contributed by atoms with van der Waals surface area (Å²) in [6, 6.07) is 8.54. The molecule has 3 heterocycles. The Morgan fingerprint density at radius 1 is 0.857 bits per heavy atom. The second-order valence-corrected chi connectivity index (χ2v) is 7.54. The van der Waals surface area contributed by atoms with E-state index in [2.05, 4.69) is 51.7 Å². The molecular formula is C21H28N6O. The number of aromatic nitrogens is 2. The Hall–Kier alpha value is -2.83. The van der Waals surface area contributed by atoms with Crippen LogP contribution in [0.25, 0.3) is 0 Å². The second-order valence-electron chi connectivity index (χ2n) is 7.54. The molecule has 1 aromatic heterocycles. The van der Waals surface area contributed by atoms with Gasteiger partial charge in [-0.3, -0.25) is 4.79 Å². The highest BCUT2D eigenvalue weighted by Gasteiger charge is 2.22. The number of amides is 1. The van der Waals surface area contributed by atoms with E-state index in [0.717, 1.165) is 70.5 Å². The van der Waals surface area contributed by atoms with Crippen LogP contribution in [-0.2, 0) is 4.79 Å². The van der Waals surface area contributed by atoms with Crippen molar-refractivity contribution in [2.24, 2.45) is 0 Å². The summed E-state index contributed by atoms with van der Waals surface area (Å²) >= 11 is 0. The summed E-state index contributed by atoms with van der Waals surface area (Å²) in [5.41, 5.74) is 4.06. The third-order valence-corrected chi connectivity index (χ3v) is 5.89. The number of carbonyl (C=O) groups is 1. The molecule has 0 atom stereocenters. The Labute approximate surface area is 166 Å². The summed E-state index contributed by atoms with van der Waals surface area (Å²) in [6.45, 7) is 11.3. The van der Waals surface area contributed by atoms with Crippen LogP contribution in [0.15, 0.2) is 30.5 Å². The Morgan fingerprint density at radius 2 is 1.54 bits per heavy atom. The SMILES string of the molecule is Cc1cccc(N2CCN(c3ccnc(N4CCN(C=O)CC4)n3)CC2)c1C. The van der Waals surface area contributed by atoms with E-state index < -0.39 is 0 Å². The third kappa shape index (κ3) is 3.74. The topological polar surface area (TPSA) is 55.8 Å². The van der Waals surface area contributed by atoms with E-state index in [1.807, 2.05) is 12.3 Å². The van der Waals surface area contributed by atoms with E-state index in [0.29, 0.717) is 0 Å². The number of aryl methyl sites for hydroxylation is 1. The summed E-state index contributed by atoms with van der Waals surface area (Å²) < 4.78 is 0. The van der Waals surface area contributed by atoms with Crippen LogP contribution >= 0.6 is 0 Å². The molecule has 0 saturated carbocycles. The summed E-state index contributed by atoms with van der Waals surface area (Å²) in [4.78, 5) is 29.0. The van der Waals surface area contributed by atoms with Crippen molar-refractivity contribution in [1.29, 1.82) is 0 Å². The quantitative estimate of drug-likeness (QED) is 0.753. The van der Waals surface area contributed by atoms with Crippen molar-refractivity contribution < 1.29 is 4.79 Å². The van der Waals surface area contributed by atoms with Gasteiger partial charge in [-0.2, -0.15) is 4.98 Å². The normalized spacial score (nSPS) is 17.8. The fraction of sp³-hybridized carbons (Fsp3) is 0.476. The Kier molecular flexibility index (Phi) is 5.32. The summed E-state index contributed by atoms with van der Waals surface area (Å²) in [5.74, 6) is 1.75. The molecule has 0 bridgehead atoms.